The SMILES string of the molecule is CC.O=C(C[C@H]1[C@H](CC2CC2)C(=O)N(c2ccc3c(cnn3-c3ccc(F)cc3)c2)[C@@H]1c1ccccc1)C1CC1.O=C(C[C@H]1[C@H](CC2CC2)C(=O)N[C@@H]1c1ccccc1)C1CC1. The number of carbonyl (C=O) groups excluding carboxylic acids is 4. The summed E-state index contributed by atoms with van der Waals surface area (Å²) in [6, 6.07) is 32.4. The number of fused-ring (bicyclic) bond motifs is 1. The van der Waals surface area contributed by atoms with E-state index in [1.165, 1.54) is 37.8 Å². The van der Waals surface area contributed by atoms with Crippen LogP contribution in [-0.4, -0.2) is 33.2 Å². The highest BCUT2D eigenvalue weighted by Crippen LogP contribution is 2.52. The van der Waals surface area contributed by atoms with Crippen molar-refractivity contribution in [3.63, 3.8) is 0 Å². The Labute approximate surface area is 364 Å². The van der Waals surface area contributed by atoms with Crippen LogP contribution in [0.4, 0.5) is 10.1 Å². The standard InChI is InChI=1S/C32H30FN3O2.C19H23NO2.C2H6/c33-24-10-12-25(13-11-24)36-29-15-14-26(17-23(29)19-34-36)35-31(22-4-2-1-3-5-22)27(18-30(37)21-8-9-21)28(32(35)38)16-20-6-7-20;21-17(13-8-9-13)11-15-16(10-12-6-7-12)19(22)20-18(15)14-4-2-1-3-5-14;1-2/h1-5,10-15,17,19-21,27-28,31H,6-9,16,18H2;1-5,12-13,15-16,18H,6-11H2,(H,20,22);1-2H3/t27-,28-,31+;15-,16-,18+;/m00./s1. The van der Waals surface area contributed by atoms with Gasteiger partial charge in [-0.05, 0) is 104 Å². The van der Waals surface area contributed by atoms with Gasteiger partial charge in [0.15, 0.2) is 0 Å². The lowest BCUT2D eigenvalue weighted by molar-refractivity contribution is -0.125. The van der Waals surface area contributed by atoms with E-state index >= 15 is 0 Å². The third kappa shape index (κ3) is 9.18. The van der Waals surface area contributed by atoms with Gasteiger partial charge in [-0.1, -0.05) is 100 Å². The number of hydrogen-bond donors (Lipinski definition) is 1. The van der Waals surface area contributed by atoms with Crippen LogP contribution in [0.2, 0.25) is 0 Å². The van der Waals surface area contributed by atoms with E-state index in [9.17, 15) is 23.6 Å². The Bertz CT molecular complexity index is 2380. The first kappa shape index (κ1) is 41.9. The number of amides is 2. The van der Waals surface area contributed by atoms with Crippen molar-refractivity contribution in [3.05, 3.63) is 126 Å². The van der Waals surface area contributed by atoms with Crippen molar-refractivity contribution >= 4 is 40.0 Å². The van der Waals surface area contributed by atoms with Gasteiger partial charge in [0.2, 0.25) is 11.8 Å². The average Bonchev–Trinajstić information content (AvgIpc) is 4.09. The third-order valence-corrected chi connectivity index (χ3v) is 14.0. The fraction of sp³-hybridized carbons (Fsp3) is 0.453. The maximum absolute atomic E-state index is 14.2. The molecule has 6 fully saturated rings. The fourth-order valence-corrected chi connectivity index (χ4v) is 10.1. The molecule has 8 nitrogen and oxygen atoms in total. The molecule has 11 rings (SSSR count). The van der Waals surface area contributed by atoms with Crippen LogP contribution >= 0.6 is 0 Å². The monoisotopic (exact) mass is 834 g/mol. The molecule has 9 heteroatoms. The number of nitrogens with one attached hydrogen (secondary N) is 1. The summed E-state index contributed by atoms with van der Waals surface area (Å²) >= 11 is 0. The van der Waals surface area contributed by atoms with Crippen LogP contribution < -0.4 is 10.2 Å². The van der Waals surface area contributed by atoms with Crippen molar-refractivity contribution in [1.29, 1.82) is 0 Å². The van der Waals surface area contributed by atoms with Gasteiger partial charge < -0.3 is 10.2 Å². The number of anilines is 1. The molecule has 0 spiro atoms. The topological polar surface area (TPSA) is 101 Å². The van der Waals surface area contributed by atoms with Gasteiger partial charge in [0.05, 0.1) is 29.5 Å². The molecule has 0 unspecified atom stereocenters. The Kier molecular flexibility index (Phi) is 12.2. The summed E-state index contributed by atoms with van der Waals surface area (Å²) in [5, 5.41) is 8.63. The molecule has 2 amide bonds. The number of benzene rings is 4. The summed E-state index contributed by atoms with van der Waals surface area (Å²) in [5.41, 5.74) is 4.71. The molecule has 0 radical (unpaired) electrons. The lowest BCUT2D eigenvalue weighted by Gasteiger charge is -2.29. The second-order valence-electron chi connectivity index (χ2n) is 18.5. The van der Waals surface area contributed by atoms with Crippen molar-refractivity contribution in [2.45, 2.75) is 103 Å². The van der Waals surface area contributed by atoms with Crippen LogP contribution in [-0.2, 0) is 19.2 Å². The molecule has 62 heavy (non-hydrogen) atoms. The first-order valence-electron chi connectivity index (χ1n) is 23.3. The molecule has 0 bridgehead atoms. The Hall–Kier alpha value is -5.44. The van der Waals surface area contributed by atoms with Gasteiger partial charge in [-0.25, -0.2) is 9.07 Å². The highest BCUT2D eigenvalue weighted by molar-refractivity contribution is 6.01. The van der Waals surface area contributed by atoms with Gasteiger partial charge in [0.25, 0.3) is 0 Å². The Morgan fingerprint density at radius 1 is 0.661 bits per heavy atom. The van der Waals surface area contributed by atoms with Crippen molar-refractivity contribution in [3.8, 4) is 5.69 Å². The van der Waals surface area contributed by atoms with Gasteiger partial charge in [-0.3, -0.25) is 19.2 Å². The Morgan fingerprint density at radius 3 is 1.79 bits per heavy atom. The van der Waals surface area contributed by atoms with E-state index in [0.717, 1.165) is 71.9 Å². The van der Waals surface area contributed by atoms with E-state index in [1.54, 1.807) is 23.0 Å². The molecule has 5 aromatic rings. The molecule has 4 aromatic carbocycles. The van der Waals surface area contributed by atoms with Crippen LogP contribution in [0.3, 0.4) is 0 Å². The zero-order chi connectivity index (χ0) is 42.9. The van der Waals surface area contributed by atoms with Crippen LogP contribution in [0.25, 0.3) is 16.6 Å². The number of ketones is 2. The molecule has 4 aliphatic carbocycles. The lowest BCUT2D eigenvalue weighted by atomic mass is 9.80. The minimum Gasteiger partial charge on any atom is -0.349 e. The average molecular weight is 835 g/mol. The van der Waals surface area contributed by atoms with Gasteiger partial charge in [0, 0.05) is 59.4 Å². The normalized spacial score (nSPS) is 25.4. The molecule has 2 saturated heterocycles. The second-order valence-corrected chi connectivity index (χ2v) is 18.5. The van der Waals surface area contributed by atoms with Gasteiger partial charge >= 0.3 is 0 Å². The van der Waals surface area contributed by atoms with Crippen LogP contribution in [0.15, 0.2) is 109 Å². The number of Topliss-reactive ketones (excluding diaryl/α,β-unsaturated/α-hetero) is 2. The van der Waals surface area contributed by atoms with E-state index in [0.29, 0.717) is 36.2 Å². The Balaban J connectivity index is 0.000000173. The number of hydrogen-bond acceptors (Lipinski definition) is 5. The summed E-state index contributed by atoms with van der Waals surface area (Å²) in [6.45, 7) is 4.00. The fourth-order valence-electron chi connectivity index (χ4n) is 10.1. The molecule has 2 aliphatic heterocycles. The smallest absolute Gasteiger partial charge is 0.231 e. The first-order valence-corrected chi connectivity index (χ1v) is 23.3. The maximum atomic E-state index is 14.2. The summed E-state index contributed by atoms with van der Waals surface area (Å²) in [6.07, 6.45) is 13.6. The molecule has 1 aromatic heterocycles. The molecule has 4 saturated carbocycles. The number of nitrogens with zero attached hydrogens (tertiary/aromatic N) is 3. The van der Waals surface area contributed by atoms with Gasteiger partial charge in [-0.2, -0.15) is 5.10 Å². The van der Waals surface area contributed by atoms with E-state index in [1.807, 2.05) is 73.3 Å². The van der Waals surface area contributed by atoms with Gasteiger partial charge in [-0.15, -0.1) is 0 Å². The number of aromatic nitrogens is 2. The number of halogens is 1. The van der Waals surface area contributed by atoms with Crippen molar-refractivity contribution in [1.82, 2.24) is 15.1 Å². The molecule has 1 N–H and O–H groups in total. The largest absolute Gasteiger partial charge is 0.349 e. The zero-order valence-electron chi connectivity index (χ0n) is 36.0. The molecular weight excluding hydrogens is 776 g/mol. The third-order valence-electron chi connectivity index (χ3n) is 14.0. The zero-order valence-corrected chi connectivity index (χ0v) is 36.0. The van der Waals surface area contributed by atoms with Gasteiger partial charge in [0.1, 0.15) is 17.4 Å². The van der Waals surface area contributed by atoms with E-state index in [4.69, 9.17) is 0 Å². The van der Waals surface area contributed by atoms with Crippen molar-refractivity contribution < 1.29 is 23.6 Å². The summed E-state index contributed by atoms with van der Waals surface area (Å²) < 4.78 is 15.2. The quantitative estimate of drug-likeness (QED) is 0.120. The van der Waals surface area contributed by atoms with E-state index < -0.39 is 0 Å². The molecular formula is C53H59FN4O4. The summed E-state index contributed by atoms with van der Waals surface area (Å²) in [7, 11) is 0. The predicted molar refractivity (Wildman–Crippen MR) is 240 cm³/mol. The van der Waals surface area contributed by atoms with Crippen LogP contribution in [0.1, 0.15) is 114 Å². The van der Waals surface area contributed by atoms with Crippen LogP contribution in [0, 0.1) is 53.2 Å². The van der Waals surface area contributed by atoms with Crippen LogP contribution in [0.5, 0.6) is 0 Å². The molecule has 322 valence electrons. The molecule has 3 heterocycles. The second kappa shape index (κ2) is 18.1. The van der Waals surface area contributed by atoms with E-state index in [-0.39, 0.29) is 65.2 Å². The van der Waals surface area contributed by atoms with Crippen molar-refractivity contribution in [2.75, 3.05) is 4.90 Å². The molecule has 6 atom stereocenters. The Morgan fingerprint density at radius 2 is 1.21 bits per heavy atom. The van der Waals surface area contributed by atoms with Crippen molar-refractivity contribution in [2.24, 2.45) is 47.3 Å². The minimum absolute atomic E-state index is 0.0140. The highest BCUT2D eigenvalue weighted by atomic mass is 19.1. The lowest BCUT2D eigenvalue weighted by Crippen LogP contribution is -2.29. The summed E-state index contributed by atoms with van der Waals surface area (Å²) in [5.74, 6) is 2.47. The highest BCUT2D eigenvalue weighted by Gasteiger charge is 2.52. The summed E-state index contributed by atoms with van der Waals surface area (Å²) in [4.78, 5) is 54.1. The minimum atomic E-state index is -0.289. The molecule has 6 aliphatic rings. The first-order chi connectivity index (χ1) is 30.3. The number of rotatable bonds is 14. The predicted octanol–water partition coefficient (Wildman–Crippen LogP) is 10.9. The van der Waals surface area contributed by atoms with E-state index in [2.05, 4.69) is 34.7 Å². The number of carbonyl (C=O) groups is 4. The maximum Gasteiger partial charge on any atom is 0.231 e.